The van der Waals surface area contributed by atoms with E-state index in [9.17, 15) is 4.79 Å². The second-order valence-corrected chi connectivity index (χ2v) is 4.08. The van der Waals surface area contributed by atoms with Gasteiger partial charge in [0, 0.05) is 18.5 Å². The standard InChI is InChI=1S/C14H22N2O/c1-3-16(4-2)11-12-7-5-6-8-13(12)14(17)9-10-15/h5-8H,3-4,9-11,15H2,1-2H3. The molecule has 0 aliphatic carbocycles. The fourth-order valence-corrected chi connectivity index (χ4v) is 1.88. The molecule has 0 saturated carbocycles. The van der Waals surface area contributed by atoms with Gasteiger partial charge >= 0.3 is 0 Å². The number of nitrogens with zero attached hydrogens (tertiary/aromatic N) is 1. The molecule has 0 saturated heterocycles. The third kappa shape index (κ3) is 3.95. The summed E-state index contributed by atoms with van der Waals surface area (Å²) in [6.45, 7) is 7.51. The Bertz CT molecular complexity index is 359. The lowest BCUT2D eigenvalue weighted by molar-refractivity contribution is 0.0983. The van der Waals surface area contributed by atoms with Gasteiger partial charge in [0.1, 0.15) is 0 Å². The predicted octanol–water partition coefficient (Wildman–Crippen LogP) is 2.06. The van der Waals surface area contributed by atoms with Gasteiger partial charge in [0.2, 0.25) is 0 Å². The van der Waals surface area contributed by atoms with Crippen LogP contribution in [0.2, 0.25) is 0 Å². The minimum Gasteiger partial charge on any atom is -0.330 e. The summed E-state index contributed by atoms with van der Waals surface area (Å²) in [5.41, 5.74) is 7.37. The molecule has 1 rings (SSSR count). The Morgan fingerprint density at radius 3 is 2.47 bits per heavy atom. The first-order valence-corrected chi connectivity index (χ1v) is 6.26. The molecule has 0 aromatic heterocycles. The van der Waals surface area contributed by atoms with Crippen LogP contribution in [0.4, 0.5) is 0 Å². The highest BCUT2D eigenvalue weighted by molar-refractivity contribution is 5.97. The van der Waals surface area contributed by atoms with Gasteiger partial charge in [-0.05, 0) is 25.2 Å². The number of nitrogens with two attached hydrogens (primary N) is 1. The second-order valence-electron chi connectivity index (χ2n) is 4.08. The Morgan fingerprint density at radius 2 is 1.88 bits per heavy atom. The van der Waals surface area contributed by atoms with E-state index < -0.39 is 0 Å². The molecule has 3 heteroatoms. The molecule has 1 aromatic carbocycles. The highest BCUT2D eigenvalue weighted by Crippen LogP contribution is 2.13. The lowest BCUT2D eigenvalue weighted by Gasteiger charge is -2.19. The summed E-state index contributed by atoms with van der Waals surface area (Å²) in [4.78, 5) is 14.2. The molecule has 0 heterocycles. The normalized spacial score (nSPS) is 10.8. The van der Waals surface area contributed by atoms with E-state index in [0.29, 0.717) is 13.0 Å². The molecule has 0 aliphatic rings. The molecule has 0 radical (unpaired) electrons. The number of carbonyl (C=O) groups excluding carboxylic acids is 1. The molecule has 0 fully saturated rings. The van der Waals surface area contributed by atoms with Crippen molar-refractivity contribution in [1.82, 2.24) is 4.90 Å². The highest BCUT2D eigenvalue weighted by Gasteiger charge is 2.11. The van der Waals surface area contributed by atoms with Crippen LogP contribution in [0.25, 0.3) is 0 Å². The fourth-order valence-electron chi connectivity index (χ4n) is 1.88. The number of benzene rings is 1. The maximum Gasteiger partial charge on any atom is 0.164 e. The van der Waals surface area contributed by atoms with Crippen LogP contribution in [0.1, 0.15) is 36.2 Å². The summed E-state index contributed by atoms with van der Waals surface area (Å²) in [6, 6.07) is 7.83. The summed E-state index contributed by atoms with van der Waals surface area (Å²) < 4.78 is 0. The molecular weight excluding hydrogens is 212 g/mol. The zero-order chi connectivity index (χ0) is 12.7. The van der Waals surface area contributed by atoms with Crippen LogP contribution >= 0.6 is 0 Å². The van der Waals surface area contributed by atoms with Gasteiger partial charge in [0.25, 0.3) is 0 Å². The second kappa shape index (κ2) is 7.20. The van der Waals surface area contributed by atoms with Gasteiger partial charge in [-0.1, -0.05) is 38.1 Å². The maximum absolute atomic E-state index is 11.9. The van der Waals surface area contributed by atoms with Crippen LogP contribution in [0.5, 0.6) is 0 Å². The summed E-state index contributed by atoms with van der Waals surface area (Å²) >= 11 is 0. The van der Waals surface area contributed by atoms with Crippen molar-refractivity contribution < 1.29 is 4.79 Å². The lowest BCUT2D eigenvalue weighted by atomic mass is 10.0. The molecule has 1 aromatic rings. The molecular formula is C14H22N2O. The molecule has 2 N–H and O–H groups in total. The van der Waals surface area contributed by atoms with Gasteiger partial charge in [-0.2, -0.15) is 0 Å². The first-order valence-electron chi connectivity index (χ1n) is 6.26. The topological polar surface area (TPSA) is 46.3 Å². The number of Topliss-reactive ketones (excluding diaryl/α,β-unsaturated/α-hetero) is 1. The summed E-state index contributed by atoms with van der Waals surface area (Å²) in [5.74, 6) is 0.148. The van der Waals surface area contributed by atoms with E-state index in [0.717, 1.165) is 30.8 Å². The zero-order valence-electron chi connectivity index (χ0n) is 10.8. The molecule has 17 heavy (non-hydrogen) atoms. The Labute approximate surface area is 104 Å². The molecule has 0 unspecified atom stereocenters. The highest BCUT2D eigenvalue weighted by atomic mass is 16.1. The van der Waals surface area contributed by atoms with Crippen molar-refractivity contribution in [2.45, 2.75) is 26.8 Å². The van der Waals surface area contributed by atoms with Crippen LogP contribution in [-0.2, 0) is 6.54 Å². The van der Waals surface area contributed by atoms with Gasteiger partial charge < -0.3 is 5.73 Å². The van der Waals surface area contributed by atoms with E-state index in [2.05, 4.69) is 18.7 Å². The largest absolute Gasteiger partial charge is 0.330 e. The number of hydrogen-bond donors (Lipinski definition) is 1. The molecule has 94 valence electrons. The Balaban J connectivity index is 2.87. The van der Waals surface area contributed by atoms with Gasteiger partial charge in [-0.3, -0.25) is 9.69 Å². The van der Waals surface area contributed by atoms with E-state index in [-0.39, 0.29) is 5.78 Å². The fraction of sp³-hybridized carbons (Fsp3) is 0.500. The van der Waals surface area contributed by atoms with E-state index in [1.54, 1.807) is 0 Å². The molecule has 0 spiro atoms. The van der Waals surface area contributed by atoms with Crippen molar-refractivity contribution in [3.8, 4) is 0 Å². The van der Waals surface area contributed by atoms with Crippen LogP contribution < -0.4 is 5.73 Å². The summed E-state index contributed by atoms with van der Waals surface area (Å²) in [5, 5.41) is 0. The Kier molecular flexibility index (Phi) is 5.87. The predicted molar refractivity (Wildman–Crippen MR) is 71.1 cm³/mol. The number of carbonyl (C=O) groups is 1. The lowest BCUT2D eigenvalue weighted by Crippen LogP contribution is -2.23. The van der Waals surface area contributed by atoms with Crippen LogP contribution in [-0.4, -0.2) is 30.3 Å². The third-order valence-corrected chi connectivity index (χ3v) is 2.98. The van der Waals surface area contributed by atoms with E-state index in [1.165, 1.54) is 0 Å². The minimum atomic E-state index is 0.148. The average molecular weight is 234 g/mol. The Morgan fingerprint density at radius 1 is 1.24 bits per heavy atom. The van der Waals surface area contributed by atoms with Gasteiger partial charge in [-0.15, -0.1) is 0 Å². The van der Waals surface area contributed by atoms with Gasteiger partial charge in [0.05, 0.1) is 0 Å². The van der Waals surface area contributed by atoms with Crippen molar-refractivity contribution in [3.63, 3.8) is 0 Å². The van der Waals surface area contributed by atoms with Gasteiger partial charge in [-0.25, -0.2) is 0 Å². The molecule has 0 bridgehead atoms. The molecule has 0 aliphatic heterocycles. The van der Waals surface area contributed by atoms with Crippen molar-refractivity contribution in [2.75, 3.05) is 19.6 Å². The van der Waals surface area contributed by atoms with Crippen molar-refractivity contribution in [2.24, 2.45) is 5.73 Å². The van der Waals surface area contributed by atoms with Crippen molar-refractivity contribution in [1.29, 1.82) is 0 Å². The molecule has 0 atom stereocenters. The average Bonchev–Trinajstić information content (AvgIpc) is 2.36. The first kappa shape index (κ1) is 13.9. The van der Waals surface area contributed by atoms with E-state index >= 15 is 0 Å². The molecule has 0 amide bonds. The maximum atomic E-state index is 11.9. The number of rotatable bonds is 7. The number of ketones is 1. The van der Waals surface area contributed by atoms with Crippen LogP contribution in [0.3, 0.4) is 0 Å². The van der Waals surface area contributed by atoms with Crippen molar-refractivity contribution in [3.05, 3.63) is 35.4 Å². The monoisotopic (exact) mass is 234 g/mol. The first-order chi connectivity index (χ1) is 8.22. The SMILES string of the molecule is CCN(CC)Cc1ccccc1C(=O)CCN. The van der Waals surface area contributed by atoms with E-state index in [1.807, 2.05) is 24.3 Å². The van der Waals surface area contributed by atoms with Crippen LogP contribution in [0, 0.1) is 0 Å². The number of hydrogen-bond acceptors (Lipinski definition) is 3. The third-order valence-electron chi connectivity index (χ3n) is 2.98. The Hall–Kier alpha value is -1.19. The summed E-state index contributed by atoms with van der Waals surface area (Å²) in [6.07, 6.45) is 0.426. The van der Waals surface area contributed by atoms with E-state index in [4.69, 9.17) is 5.73 Å². The van der Waals surface area contributed by atoms with Gasteiger partial charge in [0.15, 0.2) is 5.78 Å². The zero-order valence-corrected chi connectivity index (χ0v) is 10.8. The smallest absolute Gasteiger partial charge is 0.164 e. The molecule has 3 nitrogen and oxygen atoms in total. The quantitative estimate of drug-likeness (QED) is 0.735. The van der Waals surface area contributed by atoms with Crippen molar-refractivity contribution >= 4 is 5.78 Å². The van der Waals surface area contributed by atoms with Crippen LogP contribution in [0.15, 0.2) is 24.3 Å². The minimum absolute atomic E-state index is 0.148. The summed E-state index contributed by atoms with van der Waals surface area (Å²) in [7, 11) is 0.